The van der Waals surface area contributed by atoms with Crippen molar-refractivity contribution in [2.24, 2.45) is 0 Å². The van der Waals surface area contributed by atoms with Crippen molar-refractivity contribution in [1.29, 1.82) is 0 Å². The van der Waals surface area contributed by atoms with E-state index in [-0.39, 0.29) is 17.5 Å². The van der Waals surface area contributed by atoms with E-state index in [0.29, 0.717) is 12.1 Å². The molecular formula is C23H23N3O2. The maximum atomic E-state index is 12.9. The van der Waals surface area contributed by atoms with Crippen LogP contribution in [0.5, 0.6) is 0 Å². The van der Waals surface area contributed by atoms with Crippen LogP contribution in [-0.4, -0.2) is 23.3 Å². The van der Waals surface area contributed by atoms with Gasteiger partial charge in [0.1, 0.15) is 5.69 Å². The quantitative estimate of drug-likeness (QED) is 0.710. The summed E-state index contributed by atoms with van der Waals surface area (Å²) in [5.74, 6) is -0.511. The number of nitrogens with one attached hydrogen (secondary N) is 1. The predicted octanol–water partition coefficient (Wildman–Crippen LogP) is 4.62. The first-order valence-electron chi connectivity index (χ1n) is 9.21. The largest absolute Gasteiger partial charge is 0.322 e. The van der Waals surface area contributed by atoms with E-state index in [0.717, 1.165) is 22.5 Å². The third-order valence-corrected chi connectivity index (χ3v) is 4.51. The van der Waals surface area contributed by atoms with Crippen LogP contribution in [0.25, 0.3) is 0 Å². The summed E-state index contributed by atoms with van der Waals surface area (Å²) in [6.07, 6.45) is 1.49. The molecule has 1 N–H and O–H groups in total. The molecule has 2 amide bonds. The highest BCUT2D eigenvalue weighted by atomic mass is 16.2. The number of amides is 2. The molecule has 1 aromatic heterocycles. The lowest BCUT2D eigenvalue weighted by Crippen LogP contribution is -2.31. The molecule has 5 heteroatoms. The monoisotopic (exact) mass is 373 g/mol. The predicted molar refractivity (Wildman–Crippen MR) is 112 cm³/mol. The molecule has 0 saturated heterocycles. The zero-order chi connectivity index (χ0) is 20.1. The maximum absolute atomic E-state index is 12.9. The van der Waals surface area contributed by atoms with E-state index in [2.05, 4.69) is 10.3 Å². The minimum Gasteiger partial charge on any atom is -0.322 e. The second-order valence-corrected chi connectivity index (χ2v) is 6.59. The van der Waals surface area contributed by atoms with E-state index < -0.39 is 0 Å². The van der Waals surface area contributed by atoms with E-state index >= 15 is 0 Å². The van der Waals surface area contributed by atoms with Gasteiger partial charge < -0.3 is 10.2 Å². The first kappa shape index (κ1) is 19.3. The van der Waals surface area contributed by atoms with E-state index in [1.165, 1.54) is 12.3 Å². The Bertz CT molecular complexity index is 1000. The number of para-hydroxylation sites is 1. The average molecular weight is 373 g/mol. The zero-order valence-corrected chi connectivity index (χ0v) is 16.3. The van der Waals surface area contributed by atoms with Crippen molar-refractivity contribution in [3.63, 3.8) is 0 Å². The van der Waals surface area contributed by atoms with E-state index in [1.807, 2.05) is 69.3 Å². The molecule has 5 nitrogen and oxygen atoms in total. The van der Waals surface area contributed by atoms with Gasteiger partial charge in [-0.1, -0.05) is 30.3 Å². The summed E-state index contributed by atoms with van der Waals surface area (Å²) in [6, 6.07) is 18.4. The van der Waals surface area contributed by atoms with Crippen LogP contribution in [0.2, 0.25) is 0 Å². The number of carbonyl (C=O) groups excluding carboxylic acids is 2. The standard InChI is InChI=1S/C23H23N3O2/c1-4-26(19-8-6-5-7-9-19)23(28)21-15-18(12-13-24-21)22(27)25-20-14-16(2)10-11-17(20)3/h5-15H,4H2,1-3H3,(H,25,27). The van der Waals surface area contributed by atoms with Crippen molar-refractivity contribution >= 4 is 23.2 Å². The molecule has 0 spiro atoms. The van der Waals surface area contributed by atoms with Gasteiger partial charge in [-0.15, -0.1) is 0 Å². The summed E-state index contributed by atoms with van der Waals surface area (Å²) in [4.78, 5) is 31.5. The van der Waals surface area contributed by atoms with Crippen LogP contribution in [0.3, 0.4) is 0 Å². The van der Waals surface area contributed by atoms with E-state index in [1.54, 1.807) is 11.0 Å². The molecular weight excluding hydrogens is 350 g/mol. The van der Waals surface area contributed by atoms with Gasteiger partial charge in [0, 0.05) is 29.7 Å². The lowest BCUT2D eigenvalue weighted by Gasteiger charge is -2.20. The molecule has 0 unspecified atom stereocenters. The number of pyridine rings is 1. The van der Waals surface area contributed by atoms with Crippen LogP contribution in [0.1, 0.15) is 38.9 Å². The normalized spacial score (nSPS) is 10.4. The van der Waals surface area contributed by atoms with Gasteiger partial charge in [0.15, 0.2) is 0 Å². The molecule has 0 radical (unpaired) electrons. The SMILES string of the molecule is CCN(C(=O)c1cc(C(=O)Nc2cc(C)ccc2C)ccn1)c1ccccc1. The molecule has 2 aromatic carbocycles. The van der Waals surface area contributed by atoms with Crippen LogP contribution in [-0.2, 0) is 0 Å². The average Bonchev–Trinajstić information content (AvgIpc) is 2.72. The fraction of sp³-hybridized carbons (Fsp3) is 0.174. The summed E-state index contributed by atoms with van der Waals surface area (Å²) in [7, 11) is 0. The Morgan fingerprint density at radius 1 is 1.00 bits per heavy atom. The number of aromatic nitrogens is 1. The van der Waals surface area contributed by atoms with Crippen molar-refractivity contribution in [3.8, 4) is 0 Å². The second-order valence-electron chi connectivity index (χ2n) is 6.59. The van der Waals surface area contributed by atoms with Crippen molar-refractivity contribution in [1.82, 2.24) is 4.98 Å². The Morgan fingerprint density at radius 2 is 1.75 bits per heavy atom. The van der Waals surface area contributed by atoms with Crippen LogP contribution in [0.4, 0.5) is 11.4 Å². The molecule has 0 aliphatic heterocycles. The van der Waals surface area contributed by atoms with Gasteiger partial charge in [-0.25, -0.2) is 0 Å². The molecule has 1 heterocycles. The molecule has 0 aliphatic carbocycles. The number of rotatable bonds is 5. The second kappa shape index (κ2) is 8.48. The molecule has 28 heavy (non-hydrogen) atoms. The molecule has 0 fully saturated rings. The van der Waals surface area contributed by atoms with Gasteiger partial charge >= 0.3 is 0 Å². The number of carbonyl (C=O) groups is 2. The van der Waals surface area contributed by atoms with Crippen LogP contribution in [0.15, 0.2) is 66.9 Å². The Kier molecular flexibility index (Phi) is 5.84. The van der Waals surface area contributed by atoms with Crippen molar-refractivity contribution < 1.29 is 9.59 Å². The van der Waals surface area contributed by atoms with Gasteiger partial charge in [0.2, 0.25) is 0 Å². The van der Waals surface area contributed by atoms with Gasteiger partial charge in [-0.2, -0.15) is 0 Å². The maximum Gasteiger partial charge on any atom is 0.276 e. The zero-order valence-electron chi connectivity index (χ0n) is 16.3. The van der Waals surface area contributed by atoms with Crippen molar-refractivity contribution in [3.05, 3.63) is 89.2 Å². The molecule has 142 valence electrons. The summed E-state index contributed by atoms with van der Waals surface area (Å²) in [5, 5.41) is 2.92. The van der Waals surface area contributed by atoms with Crippen molar-refractivity contribution in [2.45, 2.75) is 20.8 Å². The smallest absolute Gasteiger partial charge is 0.276 e. The highest BCUT2D eigenvalue weighted by molar-refractivity contribution is 6.08. The first-order chi connectivity index (χ1) is 13.5. The molecule has 0 bridgehead atoms. The molecule has 3 rings (SSSR count). The van der Waals surface area contributed by atoms with Crippen LogP contribution in [0, 0.1) is 13.8 Å². The number of anilines is 2. The van der Waals surface area contributed by atoms with Crippen LogP contribution >= 0.6 is 0 Å². The first-order valence-corrected chi connectivity index (χ1v) is 9.21. The highest BCUT2D eigenvalue weighted by Gasteiger charge is 2.19. The van der Waals surface area contributed by atoms with E-state index in [9.17, 15) is 9.59 Å². The minimum atomic E-state index is -0.270. The molecule has 3 aromatic rings. The summed E-state index contributed by atoms with van der Waals surface area (Å²) in [5.41, 5.74) is 4.22. The lowest BCUT2D eigenvalue weighted by atomic mass is 10.1. The number of nitrogens with zero attached hydrogens (tertiary/aromatic N) is 2. The number of aryl methyl sites for hydroxylation is 2. The number of hydrogen-bond donors (Lipinski definition) is 1. The van der Waals surface area contributed by atoms with Gasteiger partial charge in [-0.05, 0) is 62.2 Å². The minimum absolute atomic E-state index is 0.235. The molecule has 0 saturated carbocycles. The van der Waals surface area contributed by atoms with Gasteiger partial charge in [0.05, 0.1) is 0 Å². The summed E-state index contributed by atoms with van der Waals surface area (Å²) < 4.78 is 0. The Hall–Kier alpha value is -3.47. The summed E-state index contributed by atoms with van der Waals surface area (Å²) in [6.45, 7) is 6.32. The van der Waals surface area contributed by atoms with E-state index in [4.69, 9.17) is 0 Å². The van der Waals surface area contributed by atoms with Crippen molar-refractivity contribution in [2.75, 3.05) is 16.8 Å². The third-order valence-electron chi connectivity index (χ3n) is 4.51. The number of benzene rings is 2. The van der Waals surface area contributed by atoms with Gasteiger partial charge in [-0.3, -0.25) is 14.6 Å². The molecule has 0 atom stereocenters. The number of hydrogen-bond acceptors (Lipinski definition) is 3. The fourth-order valence-electron chi connectivity index (χ4n) is 2.94. The highest BCUT2D eigenvalue weighted by Crippen LogP contribution is 2.19. The Labute approximate surface area is 165 Å². The Morgan fingerprint density at radius 3 is 2.46 bits per heavy atom. The Balaban J connectivity index is 1.84. The lowest BCUT2D eigenvalue weighted by molar-refractivity contribution is 0.0983. The molecule has 0 aliphatic rings. The summed E-state index contributed by atoms with van der Waals surface area (Å²) >= 11 is 0. The fourth-order valence-corrected chi connectivity index (χ4v) is 2.94. The topological polar surface area (TPSA) is 62.3 Å². The van der Waals surface area contributed by atoms with Gasteiger partial charge in [0.25, 0.3) is 11.8 Å². The third kappa shape index (κ3) is 4.26. The van der Waals surface area contributed by atoms with Crippen LogP contribution < -0.4 is 10.2 Å².